The summed E-state index contributed by atoms with van der Waals surface area (Å²) in [5.41, 5.74) is 0.106. The molecule has 0 aromatic heterocycles. The number of benzene rings is 1. The molecule has 5 nitrogen and oxygen atoms in total. The summed E-state index contributed by atoms with van der Waals surface area (Å²) in [6, 6.07) is 3.57. The molecular formula is C21H26F3N3O2. The van der Waals surface area contributed by atoms with E-state index in [1.165, 1.54) is 6.07 Å². The third kappa shape index (κ3) is 4.51. The minimum absolute atomic E-state index is 0.161. The van der Waals surface area contributed by atoms with E-state index in [1.807, 2.05) is 9.80 Å². The Morgan fingerprint density at radius 2 is 1.59 bits per heavy atom. The lowest BCUT2D eigenvalue weighted by atomic mass is 9.95. The molecule has 3 aliphatic rings. The Kier molecular flexibility index (Phi) is 5.44. The van der Waals surface area contributed by atoms with Gasteiger partial charge in [-0.2, -0.15) is 13.2 Å². The fourth-order valence-electron chi connectivity index (χ4n) is 4.23. The molecule has 1 saturated carbocycles. The number of hydrogen-bond donors (Lipinski definition) is 1. The van der Waals surface area contributed by atoms with E-state index in [0.717, 1.165) is 50.9 Å². The van der Waals surface area contributed by atoms with Crippen molar-refractivity contribution in [2.24, 2.45) is 11.8 Å². The molecule has 1 N–H and O–H groups in total. The highest BCUT2D eigenvalue weighted by Gasteiger charge is 2.36. The van der Waals surface area contributed by atoms with Gasteiger partial charge in [0.2, 0.25) is 11.8 Å². The van der Waals surface area contributed by atoms with Crippen LogP contribution in [0.4, 0.5) is 24.5 Å². The smallest absolute Gasteiger partial charge is 0.370 e. The summed E-state index contributed by atoms with van der Waals surface area (Å²) < 4.78 is 39.6. The lowest BCUT2D eigenvalue weighted by Crippen LogP contribution is -2.42. The monoisotopic (exact) mass is 409 g/mol. The van der Waals surface area contributed by atoms with E-state index in [0.29, 0.717) is 31.6 Å². The van der Waals surface area contributed by atoms with Gasteiger partial charge in [0, 0.05) is 38.0 Å². The maximum absolute atomic E-state index is 13.2. The molecule has 4 rings (SSSR count). The van der Waals surface area contributed by atoms with Crippen LogP contribution in [0.15, 0.2) is 18.2 Å². The molecule has 2 heterocycles. The normalized spacial score (nSPS) is 20.8. The number of nitrogens with zero attached hydrogens (tertiary/aromatic N) is 2. The van der Waals surface area contributed by atoms with E-state index < -0.39 is 11.7 Å². The first-order valence-corrected chi connectivity index (χ1v) is 10.4. The molecule has 2 amide bonds. The molecule has 2 aliphatic heterocycles. The molecule has 0 atom stereocenters. The van der Waals surface area contributed by atoms with Gasteiger partial charge in [-0.1, -0.05) is 0 Å². The lowest BCUT2D eigenvalue weighted by Gasteiger charge is -2.32. The van der Waals surface area contributed by atoms with E-state index >= 15 is 0 Å². The van der Waals surface area contributed by atoms with Gasteiger partial charge in [-0.25, -0.2) is 0 Å². The predicted octanol–water partition coefficient (Wildman–Crippen LogP) is 3.89. The highest BCUT2D eigenvalue weighted by Crippen LogP contribution is 2.37. The first-order chi connectivity index (χ1) is 13.8. The Bertz CT molecular complexity index is 778. The quantitative estimate of drug-likeness (QED) is 0.821. The van der Waals surface area contributed by atoms with Crippen LogP contribution in [0.25, 0.3) is 0 Å². The van der Waals surface area contributed by atoms with Gasteiger partial charge in [0.25, 0.3) is 0 Å². The van der Waals surface area contributed by atoms with Crippen LogP contribution in [0.5, 0.6) is 0 Å². The van der Waals surface area contributed by atoms with Crippen LogP contribution in [-0.4, -0.2) is 42.9 Å². The largest absolute Gasteiger partial charge is 0.416 e. The molecule has 1 aromatic rings. The van der Waals surface area contributed by atoms with Crippen molar-refractivity contribution in [1.29, 1.82) is 0 Å². The van der Waals surface area contributed by atoms with Crippen molar-refractivity contribution in [3.63, 3.8) is 0 Å². The van der Waals surface area contributed by atoms with Crippen LogP contribution in [0, 0.1) is 11.8 Å². The van der Waals surface area contributed by atoms with Crippen LogP contribution in [0.3, 0.4) is 0 Å². The first kappa shape index (κ1) is 20.0. The minimum Gasteiger partial charge on any atom is -0.370 e. The summed E-state index contributed by atoms with van der Waals surface area (Å²) in [5, 5.41) is 2.76. The predicted molar refractivity (Wildman–Crippen MR) is 104 cm³/mol. The van der Waals surface area contributed by atoms with E-state index in [1.54, 1.807) is 0 Å². The van der Waals surface area contributed by atoms with E-state index in [4.69, 9.17) is 0 Å². The number of alkyl halides is 3. The minimum atomic E-state index is -4.46. The molecule has 29 heavy (non-hydrogen) atoms. The van der Waals surface area contributed by atoms with Gasteiger partial charge in [0.05, 0.1) is 16.9 Å². The highest BCUT2D eigenvalue weighted by atomic mass is 19.4. The van der Waals surface area contributed by atoms with Crippen molar-refractivity contribution in [2.45, 2.75) is 44.7 Å². The van der Waals surface area contributed by atoms with Crippen LogP contribution < -0.4 is 10.2 Å². The van der Waals surface area contributed by atoms with E-state index in [2.05, 4.69) is 5.32 Å². The summed E-state index contributed by atoms with van der Waals surface area (Å²) in [5.74, 6) is -0.214. The summed E-state index contributed by atoms with van der Waals surface area (Å²) >= 11 is 0. The fourth-order valence-corrected chi connectivity index (χ4v) is 4.23. The zero-order valence-corrected chi connectivity index (χ0v) is 16.3. The topological polar surface area (TPSA) is 52.7 Å². The molecule has 1 aromatic carbocycles. The Morgan fingerprint density at radius 1 is 0.931 bits per heavy atom. The lowest BCUT2D eigenvalue weighted by molar-refractivity contribution is -0.137. The number of rotatable bonds is 4. The molecule has 0 radical (unpaired) electrons. The number of carbonyl (C=O) groups is 2. The molecule has 3 fully saturated rings. The highest BCUT2D eigenvalue weighted by molar-refractivity contribution is 5.96. The Balaban J connectivity index is 1.45. The summed E-state index contributed by atoms with van der Waals surface area (Å²) in [6.07, 6.45) is 0.508. The number of piperidine rings is 1. The molecule has 8 heteroatoms. The molecule has 0 spiro atoms. The maximum atomic E-state index is 13.2. The average molecular weight is 409 g/mol. The number of hydrogen-bond acceptors (Lipinski definition) is 3. The van der Waals surface area contributed by atoms with Crippen molar-refractivity contribution in [2.75, 3.05) is 36.4 Å². The second-order valence-electron chi connectivity index (χ2n) is 8.29. The molecular weight excluding hydrogens is 383 g/mol. The Labute approximate surface area is 168 Å². The van der Waals surface area contributed by atoms with E-state index in [9.17, 15) is 22.8 Å². The van der Waals surface area contributed by atoms with Crippen LogP contribution in [-0.2, 0) is 15.8 Å². The SMILES string of the molecule is O=C(Nc1cc(C(F)(F)F)ccc1N1CCCC1)C1CCN(C(=O)C2CC2)CC1. The molecule has 0 bridgehead atoms. The summed E-state index contributed by atoms with van der Waals surface area (Å²) in [7, 11) is 0. The van der Waals surface area contributed by atoms with E-state index in [-0.39, 0.29) is 29.3 Å². The zero-order valence-electron chi connectivity index (χ0n) is 16.3. The van der Waals surface area contributed by atoms with Crippen LogP contribution in [0.1, 0.15) is 44.1 Å². The van der Waals surface area contributed by atoms with Gasteiger partial charge in [0.15, 0.2) is 0 Å². The standard InChI is InChI=1S/C21H26F3N3O2/c22-21(23,24)16-5-6-18(26-9-1-2-10-26)17(13-16)25-19(28)14-7-11-27(12-8-14)20(29)15-3-4-15/h5-6,13-15H,1-4,7-12H2,(H,25,28). The zero-order chi connectivity index (χ0) is 20.6. The third-order valence-electron chi connectivity index (χ3n) is 6.13. The number of halogens is 3. The first-order valence-electron chi connectivity index (χ1n) is 10.4. The number of amides is 2. The number of anilines is 2. The molecule has 158 valence electrons. The van der Waals surface area contributed by atoms with Crippen molar-refractivity contribution < 1.29 is 22.8 Å². The van der Waals surface area contributed by atoms with Crippen molar-refractivity contribution in [3.8, 4) is 0 Å². The van der Waals surface area contributed by atoms with Crippen molar-refractivity contribution in [1.82, 2.24) is 4.90 Å². The fraction of sp³-hybridized carbons (Fsp3) is 0.619. The van der Waals surface area contributed by atoms with Gasteiger partial charge in [-0.05, 0) is 56.7 Å². The van der Waals surface area contributed by atoms with Crippen LogP contribution in [0.2, 0.25) is 0 Å². The van der Waals surface area contributed by atoms with Gasteiger partial charge in [-0.15, -0.1) is 0 Å². The maximum Gasteiger partial charge on any atom is 0.416 e. The van der Waals surface area contributed by atoms with Crippen molar-refractivity contribution >= 4 is 23.2 Å². The molecule has 2 saturated heterocycles. The third-order valence-corrected chi connectivity index (χ3v) is 6.13. The van der Waals surface area contributed by atoms with Crippen LogP contribution >= 0.6 is 0 Å². The molecule has 0 unspecified atom stereocenters. The number of carbonyl (C=O) groups excluding carboxylic acids is 2. The van der Waals surface area contributed by atoms with Gasteiger partial charge >= 0.3 is 6.18 Å². The second kappa shape index (κ2) is 7.88. The van der Waals surface area contributed by atoms with Gasteiger partial charge in [-0.3, -0.25) is 9.59 Å². The second-order valence-corrected chi connectivity index (χ2v) is 8.29. The summed E-state index contributed by atoms with van der Waals surface area (Å²) in [4.78, 5) is 28.8. The number of nitrogens with one attached hydrogen (secondary N) is 1. The summed E-state index contributed by atoms with van der Waals surface area (Å²) in [6.45, 7) is 2.62. The Hall–Kier alpha value is -2.25. The number of likely N-dealkylation sites (tertiary alicyclic amines) is 1. The Morgan fingerprint density at radius 3 is 2.17 bits per heavy atom. The van der Waals surface area contributed by atoms with Crippen molar-refractivity contribution in [3.05, 3.63) is 23.8 Å². The van der Waals surface area contributed by atoms with Gasteiger partial charge < -0.3 is 15.1 Å². The van der Waals surface area contributed by atoms with Gasteiger partial charge in [0.1, 0.15) is 0 Å². The average Bonchev–Trinajstić information content (AvgIpc) is 3.41. The molecule has 1 aliphatic carbocycles.